The second-order valence-corrected chi connectivity index (χ2v) is 6.93. The molecule has 0 fully saturated rings. The fourth-order valence-corrected chi connectivity index (χ4v) is 3.50. The van der Waals surface area contributed by atoms with E-state index in [4.69, 9.17) is 5.73 Å². The first-order valence-electron chi connectivity index (χ1n) is 9.07. The van der Waals surface area contributed by atoms with Crippen molar-refractivity contribution >= 4 is 11.9 Å². The van der Waals surface area contributed by atoms with Crippen LogP contribution in [0, 0.1) is 11.6 Å². The van der Waals surface area contributed by atoms with Crippen LogP contribution in [0.3, 0.4) is 0 Å². The van der Waals surface area contributed by atoms with Crippen LogP contribution < -0.4 is 5.73 Å². The summed E-state index contributed by atoms with van der Waals surface area (Å²) in [6, 6.07) is 12.7. The third kappa shape index (κ3) is 3.01. The Morgan fingerprint density at radius 2 is 1.73 bits per heavy atom. The van der Waals surface area contributed by atoms with E-state index in [0.717, 1.165) is 4.90 Å². The Hall–Kier alpha value is -3.68. The summed E-state index contributed by atoms with van der Waals surface area (Å²) in [7, 11) is 1.42. The lowest BCUT2D eigenvalue weighted by Crippen LogP contribution is -2.42. The molecule has 0 saturated carbocycles. The summed E-state index contributed by atoms with van der Waals surface area (Å²) in [4.78, 5) is 22.9. The third-order valence-electron chi connectivity index (χ3n) is 5.12. The zero-order valence-electron chi connectivity index (χ0n) is 15.9. The van der Waals surface area contributed by atoms with Crippen molar-refractivity contribution in [3.8, 4) is 11.1 Å². The van der Waals surface area contributed by atoms with Crippen molar-refractivity contribution in [3.05, 3.63) is 89.2 Å². The Morgan fingerprint density at radius 3 is 2.37 bits per heavy atom. The number of alkyl halides is 1. The van der Waals surface area contributed by atoms with Crippen LogP contribution in [-0.2, 0) is 17.0 Å². The number of likely N-dealkylation sites (N-methyl/N-ethyl adjacent to an activating group) is 1. The predicted molar refractivity (Wildman–Crippen MR) is 106 cm³/mol. The molecule has 2 N–H and O–H groups in total. The van der Waals surface area contributed by atoms with Gasteiger partial charge in [-0.3, -0.25) is 14.7 Å². The summed E-state index contributed by atoms with van der Waals surface area (Å²) in [6.45, 7) is -0.785. The molecule has 0 spiro atoms. The number of carbonyl (C=O) groups is 1. The van der Waals surface area contributed by atoms with E-state index >= 15 is 4.39 Å². The van der Waals surface area contributed by atoms with E-state index in [9.17, 15) is 13.6 Å². The summed E-state index contributed by atoms with van der Waals surface area (Å²) in [6.07, 6.45) is 1.34. The molecule has 0 aliphatic carbocycles. The Labute approximate surface area is 170 Å². The molecule has 5 nitrogen and oxygen atoms in total. The lowest BCUT2D eigenvalue weighted by atomic mass is 9.83. The summed E-state index contributed by atoms with van der Waals surface area (Å²) < 4.78 is 41.7. The molecule has 30 heavy (non-hydrogen) atoms. The predicted octanol–water partition coefficient (Wildman–Crippen LogP) is 3.53. The Morgan fingerprint density at radius 1 is 1.03 bits per heavy atom. The van der Waals surface area contributed by atoms with Crippen molar-refractivity contribution in [1.82, 2.24) is 9.88 Å². The largest absolute Gasteiger partial charge is 0.369 e. The maximum Gasteiger partial charge on any atom is 0.268 e. The summed E-state index contributed by atoms with van der Waals surface area (Å²) >= 11 is 0. The SMILES string of the molecule is CN1C(=O)C(c2cc(CF)ccn2)(c2cc(-c3ccc(F)cc3)ccc2F)N=C1N. The molecule has 8 heteroatoms. The van der Waals surface area contributed by atoms with Gasteiger partial charge in [-0.15, -0.1) is 0 Å². The van der Waals surface area contributed by atoms with E-state index in [1.165, 1.54) is 55.7 Å². The molecule has 0 bridgehead atoms. The molecule has 1 unspecified atom stereocenters. The number of rotatable bonds is 4. The van der Waals surface area contributed by atoms with Gasteiger partial charge in [-0.05, 0) is 53.1 Å². The van der Waals surface area contributed by atoms with Crippen molar-refractivity contribution < 1.29 is 18.0 Å². The third-order valence-corrected chi connectivity index (χ3v) is 5.12. The fourth-order valence-electron chi connectivity index (χ4n) is 3.50. The van der Waals surface area contributed by atoms with Gasteiger partial charge in [0.1, 0.15) is 18.3 Å². The van der Waals surface area contributed by atoms with E-state index in [1.54, 1.807) is 12.1 Å². The maximum absolute atomic E-state index is 15.1. The molecule has 2 heterocycles. The first-order valence-corrected chi connectivity index (χ1v) is 9.07. The summed E-state index contributed by atoms with van der Waals surface area (Å²) in [5.41, 5.74) is 5.41. The number of hydrogen-bond acceptors (Lipinski definition) is 4. The minimum atomic E-state index is -1.90. The number of aliphatic imine (C=N–C) groups is 1. The second kappa shape index (κ2) is 7.29. The van der Waals surface area contributed by atoms with E-state index in [-0.39, 0.29) is 22.8 Å². The number of nitrogens with two attached hydrogens (primary N) is 1. The number of pyridine rings is 1. The number of nitrogens with zero attached hydrogens (tertiary/aromatic N) is 3. The van der Waals surface area contributed by atoms with Crippen molar-refractivity contribution in [2.45, 2.75) is 12.2 Å². The smallest absolute Gasteiger partial charge is 0.268 e. The Kier molecular flexibility index (Phi) is 4.77. The zero-order chi connectivity index (χ0) is 21.5. The van der Waals surface area contributed by atoms with Gasteiger partial charge < -0.3 is 5.73 Å². The van der Waals surface area contributed by atoms with Crippen molar-refractivity contribution in [2.75, 3.05) is 7.05 Å². The minimum absolute atomic E-state index is 0.0603. The first kappa shape index (κ1) is 19.6. The van der Waals surface area contributed by atoms with Gasteiger partial charge in [0.25, 0.3) is 5.91 Å². The molecule has 152 valence electrons. The van der Waals surface area contributed by atoms with Gasteiger partial charge in [0, 0.05) is 18.8 Å². The van der Waals surface area contributed by atoms with Crippen molar-refractivity contribution in [1.29, 1.82) is 0 Å². The highest BCUT2D eigenvalue weighted by molar-refractivity contribution is 6.08. The van der Waals surface area contributed by atoms with Crippen LogP contribution in [0.15, 0.2) is 65.8 Å². The van der Waals surface area contributed by atoms with Crippen LogP contribution in [-0.4, -0.2) is 28.8 Å². The monoisotopic (exact) mass is 410 g/mol. The average Bonchev–Trinajstić information content (AvgIpc) is 2.99. The van der Waals surface area contributed by atoms with Crippen LogP contribution >= 0.6 is 0 Å². The highest BCUT2D eigenvalue weighted by atomic mass is 19.1. The van der Waals surface area contributed by atoms with E-state index in [0.29, 0.717) is 11.1 Å². The van der Waals surface area contributed by atoms with Gasteiger partial charge in [0.05, 0.1) is 5.69 Å². The summed E-state index contributed by atoms with van der Waals surface area (Å²) in [5, 5.41) is 0. The molecular weight excluding hydrogens is 393 g/mol. The van der Waals surface area contributed by atoms with Crippen LogP contribution in [0.4, 0.5) is 13.2 Å². The van der Waals surface area contributed by atoms with Crippen molar-refractivity contribution in [3.63, 3.8) is 0 Å². The lowest BCUT2D eigenvalue weighted by Gasteiger charge is -2.26. The van der Waals surface area contributed by atoms with Gasteiger partial charge in [0.15, 0.2) is 5.96 Å². The van der Waals surface area contributed by atoms with Crippen LogP contribution in [0.5, 0.6) is 0 Å². The molecule has 0 saturated heterocycles. The molecule has 4 rings (SSSR count). The van der Waals surface area contributed by atoms with E-state index in [2.05, 4.69) is 9.98 Å². The molecule has 1 aliphatic heterocycles. The fraction of sp³-hybridized carbons (Fsp3) is 0.136. The molecule has 1 aromatic heterocycles. The molecule has 1 amide bonds. The number of benzene rings is 2. The van der Waals surface area contributed by atoms with Crippen LogP contribution in [0.1, 0.15) is 16.8 Å². The molecular formula is C22H17F3N4O. The highest BCUT2D eigenvalue weighted by Crippen LogP contribution is 2.41. The standard InChI is InChI=1S/C22H17F3N4O/c1-29-20(30)22(28-21(29)26,19-10-13(12-23)8-9-27-19)17-11-15(4-7-18(17)25)14-2-5-16(24)6-3-14/h2-11H,12H2,1H3,(H2,26,28). The maximum atomic E-state index is 15.1. The first-order chi connectivity index (χ1) is 14.4. The number of aromatic nitrogens is 1. The quantitative estimate of drug-likeness (QED) is 0.715. The molecule has 1 atom stereocenters. The van der Waals surface area contributed by atoms with E-state index < -0.39 is 29.8 Å². The second-order valence-electron chi connectivity index (χ2n) is 6.93. The zero-order valence-corrected chi connectivity index (χ0v) is 15.9. The normalized spacial score (nSPS) is 18.6. The van der Waals surface area contributed by atoms with Gasteiger partial charge in [-0.1, -0.05) is 18.2 Å². The number of hydrogen-bond donors (Lipinski definition) is 1. The van der Waals surface area contributed by atoms with Gasteiger partial charge in [0.2, 0.25) is 5.54 Å². The van der Waals surface area contributed by atoms with Crippen LogP contribution in [0.2, 0.25) is 0 Å². The average molecular weight is 410 g/mol. The van der Waals surface area contributed by atoms with Crippen LogP contribution in [0.25, 0.3) is 11.1 Å². The number of amides is 1. The number of carbonyl (C=O) groups excluding carboxylic acids is 1. The van der Waals surface area contributed by atoms with Gasteiger partial charge in [-0.2, -0.15) is 0 Å². The molecule has 0 radical (unpaired) electrons. The molecule has 2 aromatic carbocycles. The van der Waals surface area contributed by atoms with Gasteiger partial charge >= 0.3 is 0 Å². The molecule has 1 aliphatic rings. The minimum Gasteiger partial charge on any atom is -0.369 e. The Bertz CT molecular complexity index is 1160. The topological polar surface area (TPSA) is 71.6 Å². The Balaban J connectivity index is 1.98. The number of halogens is 3. The van der Waals surface area contributed by atoms with Crippen molar-refractivity contribution in [2.24, 2.45) is 10.7 Å². The highest BCUT2D eigenvalue weighted by Gasteiger charge is 2.52. The van der Waals surface area contributed by atoms with Gasteiger partial charge in [-0.25, -0.2) is 18.2 Å². The number of guanidine groups is 1. The lowest BCUT2D eigenvalue weighted by molar-refractivity contribution is -0.129. The van der Waals surface area contributed by atoms with E-state index in [1.807, 2.05) is 0 Å². The summed E-state index contributed by atoms with van der Waals surface area (Å²) in [5.74, 6) is -1.83. The molecule has 3 aromatic rings.